The maximum Gasteiger partial charge on any atom is 0.136 e. The van der Waals surface area contributed by atoms with Crippen molar-refractivity contribution in [2.45, 2.75) is 49.5 Å². The summed E-state index contributed by atoms with van der Waals surface area (Å²) in [6.45, 7) is 0.748. The van der Waals surface area contributed by atoms with E-state index in [1.165, 1.54) is 44.1 Å². The van der Waals surface area contributed by atoms with Crippen LogP contribution in [-0.4, -0.2) is 18.3 Å². The minimum absolute atomic E-state index is 0.374. The molecule has 3 nitrogen and oxygen atoms in total. The van der Waals surface area contributed by atoms with Crippen LogP contribution in [0.5, 0.6) is 11.5 Å². The molecule has 4 aliphatic carbocycles. The Morgan fingerprint density at radius 1 is 0.714 bits per heavy atom. The average molecular weight is 376 g/mol. The minimum Gasteiger partial charge on any atom is -0.457 e. The molecule has 0 unspecified atom stereocenters. The molecule has 4 saturated carbocycles. The van der Waals surface area contributed by atoms with E-state index in [9.17, 15) is 5.11 Å². The number of hydrogen-bond acceptors (Lipinski definition) is 3. The summed E-state index contributed by atoms with van der Waals surface area (Å²) in [7, 11) is 0. The Balaban J connectivity index is 1.18. The zero-order valence-electron chi connectivity index (χ0n) is 16.3. The number of benzene rings is 2. The summed E-state index contributed by atoms with van der Waals surface area (Å²) in [4.78, 5) is 0. The van der Waals surface area contributed by atoms with Crippen molar-refractivity contribution in [1.29, 1.82) is 0 Å². The maximum absolute atomic E-state index is 10.3. The van der Waals surface area contributed by atoms with Gasteiger partial charge in [0.25, 0.3) is 0 Å². The molecule has 2 aromatic carbocycles. The van der Waals surface area contributed by atoms with Crippen molar-refractivity contribution >= 4 is 0 Å². The fourth-order valence-electron chi connectivity index (χ4n) is 6.77. The van der Waals surface area contributed by atoms with Crippen LogP contribution >= 0.6 is 0 Å². The van der Waals surface area contributed by atoms with E-state index < -0.39 is 5.60 Å². The quantitative estimate of drug-likeness (QED) is 0.801. The summed E-state index contributed by atoms with van der Waals surface area (Å²) in [5.74, 6) is 4.59. The maximum atomic E-state index is 10.3. The van der Waals surface area contributed by atoms with Crippen LogP contribution in [0.4, 0.5) is 0 Å². The lowest BCUT2D eigenvalue weighted by molar-refractivity contribution is -0.184. The molecule has 7 rings (SSSR count). The topological polar surface area (TPSA) is 38.7 Å². The van der Waals surface area contributed by atoms with Gasteiger partial charge in [-0.1, -0.05) is 24.3 Å². The molecule has 3 heteroatoms. The molecule has 0 spiro atoms. The molecular formula is C25H28O3. The molecule has 4 bridgehead atoms. The first-order chi connectivity index (χ1) is 13.6. The second-order valence-corrected chi connectivity index (χ2v) is 9.87. The molecule has 28 heavy (non-hydrogen) atoms. The summed E-state index contributed by atoms with van der Waals surface area (Å²) < 4.78 is 11.2. The Labute approximate surface area is 166 Å². The van der Waals surface area contributed by atoms with Crippen LogP contribution < -0.4 is 4.74 Å². The van der Waals surface area contributed by atoms with Gasteiger partial charge in [-0.2, -0.15) is 0 Å². The second kappa shape index (κ2) is 6.08. The van der Waals surface area contributed by atoms with E-state index in [-0.39, 0.29) is 0 Å². The highest BCUT2D eigenvalue weighted by atomic mass is 16.5. The molecule has 0 atom stereocenters. The van der Waals surface area contributed by atoms with E-state index in [4.69, 9.17) is 9.47 Å². The summed E-state index contributed by atoms with van der Waals surface area (Å²) in [5.41, 5.74) is 2.04. The van der Waals surface area contributed by atoms with Crippen molar-refractivity contribution in [3.8, 4) is 11.5 Å². The first-order valence-electron chi connectivity index (χ1n) is 10.8. The van der Waals surface area contributed by atoms with Gasteiger partial charge in [0.15, 0.2) is 0 Å². The van der Waals surface area contributed by atoms with Gasteiger partial charge in [-0.3, -0.25) is 0 Å². The number of aliphatic hydroxyl groups is 1. The summed E-state index contributed by atoms with van der Waals surface area (Å²) in [6, 6.07) is 16.6. The molecule has 5 aliphatic rings. The van der Waals surface area contributed by atoms with Gasteiger partial charge in [-0.25, -0.2) is 0 Å². The van der Waals surface area contributed by atoms with Gasteiger partial charge >= 0.3 is 0 Å². The monoisotopic (exact) mass is 376 g/mol. The SMILES string of the molecule is OC1(c2ccc(Oc3ccc(C45CC6CC(CC(C6)C4)C5)cc3)cc2)COC1. The molecular weight excluding hydrogens is 348 g/mol. The van der Waals surface area contributed by atoms with Crippen LogP contribution in [0, 0.1) is 17.8 Å². The number of hydrogen-bond donors (Lipinski definition) is 1. The van der Waals surface area contributed by atoms with Crippen molar-refractivity contribution in [3.05, 3.63) is 59.7 Å². The minimum atomic E-state index is -0.821. The van der Waals surface area contributed by atoms with Gasteiger partial charge in [0.05, 0.1) is 13.2 Å². The lowest BCUT2D eigenvalue weighted by Crippen LogP contribution is -2.48. The van der Waals surface area contributed by atoms with Crippen molar-refractivity contribution in [3.63, 3.8) is 0 Å². The van der Waals surface area contributed by atoms with E-state index in [1.54, 1.807) is 0 Å². The molecule has 146 valence electrons. The molecule has 1 saturated heterocycles. The average Bonchev–Trinajstić information content (AvgIpc) is 2.66. The largest absolute Gasteiger partial charge is 0.457 e. The molecule has 0 radical (unpaired) electrons. The summed E-state index contributed by atoms with van der Waals surface area (Å²) in [5, 5.41) is 10.3. The van der Waals surface area contributed by atoms with E-state index in [1.807, 2.05) is 24.3 Å². The third-order valence-electron chi connectivity index (χ3n) is 7.81. The molecule has 1 heterocycles. The van der Waals surface area contributed by atoms with Gasteiger partial charge in [0.1, 0.15) is 17.1 Å². The predicted octanol–water partition coefficient (Wildman–Crippen LogP) is 5.16. The van der Waals surface area contributed by atoms with E-state index in [0.717, 1.165) is 34.8 Å². The molecule has 1 N–H and O–H groups in total. The summed E-state index contributed by atoms with van der Waals surface area (Å²) in [6.07, 6.45) is 8.64. The Bertz CT molecular complexity index is 828. The van der Waals surface area contributed by atoms with Crippen molar-refractivity contribution in [1.82, 2.24) is 0 Å². The van der Waals surface area contributed by atoms with Crippen molar-refractivity contribution in [2.24, 2.45) is 17.8 Å². The fraction of sp³-hybridized carbons (Fsp3) is 0.520. The van der Waals surface area contributed by atoms with Crippen LogP contribution in [0.15, 0.2) is 48.5 Å². The van der Waals surface area contributed by atoms with Crippen LogP contribution in [0.2, 0.25) is 0 Å². The second-order valence-electron chi connectivity index (χ2n) is 9.87. The third kappa shape index (κ3) is 2.71. The van der Waals surface area contributed by atoms with E-state index in [0.29, 0.717) is 18.6 Å². The van der Waals surface area contributed by atoms with E-state index >= 15 is 0 Å². The highest BCUT2D eigenvalue weighted by Gasteiger charge is 2.51. The Hall–Kier alpha value is -1.84. The molecule has 1 aliphatic heterocycles. The molecule has 0 aromatic heterocycles. The van der Waals surface area contributed by atoms with Crippen LogP contribution in [0.25, 0.3) is 0 Å². The van der Waals surface area contributed by atoms with Crippen LogP contribution in [-0.2, 0) is 15.8 Å². The number of ether oxygens (including phenoxy) is 2. The molecule has 0 amide bonds. The van der Waals surface area contributed by atoms with Crippen LogP contribution in [0.3, 0.4) is 0 Å². The highest BCUT2D eigenvalue weighted by Crippen LogP contribution is 2.60. The Kier molecular flexibility index (Phi) is 3.70. The summed E-state index contributed by atoms with van der Waals surface area (Å²) >= 11 is 0. The van der Waals surface area contributed by atoms with Crippen LogP contribution in [0.1, 0.15) is 49.7 Å². The Morgan fingerprint density at radius 2 is 1.18 bits per heavy atom. The zero-order chi connectivity index (χ0) is 18.8. The number of rotatable bonds is 4. The van der Waals surface area contributed by atoms with Crippen molar-refractivity contribution in [2.75, 3.05) is 13.2 Å². The third-order valence-corrected chi connectivity index (χ3v) is 7.81. The molecule has 5 fully saturated rings. The zero-order valence-corrected chi connectivity index (χ0v) is 16.3. The first kappa shape index (κ1) is 17.1. The lowest BCUT2D eigenvalue weighted by atomic mass is 9.48. The Morgan fingerprint density at radius 3 is 1.61 bits per heavy atom. The van der Waals surface area contributed by atoms with Gasteiger partial charge in [0.2, 0.25) is 0 Å². The highest BCUT2D eigenvalue weighted by molar-refractivity contribution is 5.39. The van der Waals surface area contributed by atoms with Gasteiger partial charge in [-0.15, -0.1) is 0 Å². The lowest BCUT2D eigenvalue weighted by Gasteiger charge is -2.57. The normalized spacial score (nSPS) is 34.8. The smallest absolute Gasteiger partial charge is 0.136 e. The predicted molar refractivity (Wildman–Crippen MR) is 108 cm³/mol. The fourth-order valence-corrected chi connectivity index (χ4v) is 6.77. The van der Waals surface area contributed by atoms with Crippen molar-refractivity contribution < 1.29 is 14.6 Å². The molecule has 2 aromatic rings. The van der Waals surface area contributed by atoms with Gasteiger partial charge in [0, 0.05) is 0 Å². The standard InChI is InChI=1S/C25H28O3/c26-25(15-27-16-25)21-3-7-23(8-4-21)28-22-5-1-20(2-6-22)24-12-17-9-18(13-24)11-19(10-17)14-24/h1-8,17-19,26H,9-16H2. The van der Waals surface area contributed by atoms with Gasteiger partial charge in [-0.05, 0) is 97.1 Å². The van der Waals surface area contributed by atoms with E-state index in [2.05, 4.69) is 24.3 Å². The first-order valence-corrected chi connectivity index (χ1v) is 10.8. The van der Waals surface area contributed by atoms with Gasteiger partial charge < -0.3 is 14.6 Å².